The Morgan fingerprint density at radius 2 is 2.07 bits per heavy atom. The highest BCUT2D eigenvalue weighted by atomic mass is 16.5. The van der Waals surface area contributed by atoms with Gasteiger partial charge in [0, 0.05) is 0 Å². The Morgan fingerprint density at radius 1 is 1.64 bits per heavy atom. The highest BCUT2D eigenvalue weighted by Crippen LogP contribution is 1.97. The van der Waals surface area contributed by atoms with Crippen LogP contribution in [0.4, 0.5) is 0 Å². The Balaban J connectivity index is 0.000000280. The van der Waals surface area contributed by atoms with Gasteiger partial charge < -0.3 is 10.1 Å². The Labute approximate surface area is 83.6 Å². The van der Waals surface area contributed by atoms with Crippen LogP contribution in [0.5, 0.6) is 0 Å². The summed E-state index contributed by atoms with van der Waals surface area (Å²) in [6, 6.07) is 0. The van der Waals surface area contributed by atoms with E-state index in [1.807, 2.05) is 0 Å². The molecule has 1 fully saturated rings. The van der Waals surface area contributed by atoms with Crippen molar-refractivity contribution < 1.29 is 14.3 Å². The molecule has 0 aromatic heterocycles. The van der Waals surface area contributed by atoms with Gasteiger partial charge in [-0.25, -0.2) is 0 Å². The fraction of sp³-hybridized carbons (Fsp3) is 0.400. The molecule has 1 heterocycles. The standard InChI is InChI=1S/C7H12O2.C3H3NO/c1-4-5-9-7(8)6(2)3;1-2-3(5)4-2/h4,6H,1,5H2,2-3H3;1H2,(H,4,5). The van der Waals surface area contributed by atoms with Gasteiger partial charge in [0.25, 0.3) is 5.91 Å². The molecule has 0 aliphatic carbocycles. The summed E-state index contributed by atoms with van der Waals surface area (Å²) < 4.78 is 4.70. The van der Waals surface area contributed by atoms with Crippen molar-refractivity contribution in [3.8, 4) is 0 Å². The molecule has 0 radical (unpaired) electrons. The molecule has 0 aromatic rings. The van der Waals surface area contributed by atoms with E-state index in [-0.39, 0.29) is 17.8 Å². The number of rotatable bonds is 3. The lowest BCUT2D eigenvalue weighted by Gasteiger charge is -2.02. The molecule has 0 spiro atoms. The molecule has 0 aromatic carbocycles. The van der Waals surface area contributed by atoms with E-state index in [0.29, 0.717) is 12.3 Å². The molecular weight excluding hydrogens is 182 g/mol. The summed E-state index contributed by atoms with van der Waals surface area (Å²) in [6.07, 6.45) is 1.56. The molecule has 4 nitrogen and oxygen atoms in total. The van der Waals surface area contributed by atoms with Crippen molar-refractivity contribution in [3.63, 3.8) is 0 Å². The third-order valence-electron chi connectivity index (χ3n) is 1.29. The van der Waals surface area contributed by atoms with Crippen LogP contribution in [-0.2, 0) is 14.3 Å². The molecule has 0 saturated carbocycles. The average molecular weight is 197 g/mol. The van der Waals surface area contributed by atoms with Crippen LogP contribution in [0.1, 0.15) is 13.8 Å². The number of esters is 1. The van der Waals surface area contributed by atoms with Gasteiger partial charge >= 0.3 is 5.97 Å². The number of nitrogens with one attached hydrogen (secondary N) is 1. The largest absolute Gasteiger partial charge is 0.461 e. The molecule has 0 bridgehead atoms. The first kappa shape index (κ1) is 12.4. The fourth-order valence-corrected chi connectivity index (χ4v) is 0.414. The molecule has 4 heteroatoms. The Bertz CT molecular complexity index is 244. The summed E-state index contributed by atoms with van der Waals surface area (Å²) in [7, 11) is 0. The Morgan fingerprint density at radius 3 is 2.29 bits per heavy atom. The molecule has 1 saturated heterocycles. The van der Waals surface area contributed by atoms with Crippen LogP contribution in [0, 0.1) is 5.92 Å². The van der Waals surface area contributed by atoms with E-state index >= 15 is 0 Å². The van der Waals surface area contributed by atoms with Crippen LogP contribution < -0.4 is 5.32 Å². The van der Waals surface area contributed by atoms with E-state index < -0.39 is 0 Å². The third kappa shape index (κ3) is 5.99. The average Bonchev–Trinajstić information content (AvgIpc) is 2.76. The van der Waals surface area contributed by atoms with Crippen molar-refractivity contribution in [1.82, 2.24) is 5.32 Å². The van der Waals surface area contributed by atoms with E-state index in [1.54, 1.807) is 19.9 Å². The number of carbonyl (C=O) groups is 2. The van der Waals surface area contributed by atoms with Crippen LogP contribution in [0.15, 0.2) is 24.9 Å². The van der Waals surface area contributed by atoms with E-state index in [1.165, 1.54) is 0 Å². The Kier molecular flexibility index (Phi) is 5.29. The van der Waals surface area contributed by atoms with Gasteiger partial charge in [0.2, 0.25) is 0 Å². The van der Waals surface area contributed by atoms with Gasteiger partial charge in [-0.3, -0.25) is 9.59 Å². The topological polar surface area (TPSA) is 65.3 Å². The number of hydrogen-bond acceptors (Lipinski definition) is 3. The van der Waals surface area contributed by atoms with Gasteiger partial charge in [0.1, 0.15) is 6.61 Å². The lowest BCUT2D eigenvalue weighted by Crippen LogP contribution is -2.11. The van der Waals surface area contributed by atoms with Crippen molar-refractivity contribution >= 4 is 11.9 Å². The predicted octanol–water partition coefficient (Wildman–Crippen LogP) is 1.00. The summed E-state index contributed by atoms with van der Waals surface area (Å²) in [5.74, 6) is -0.232. The van der Waals surface area contributed by atoms with Crippen LogP contribution in [0.3, 0.4) is 0 Å². The SMILES string of the molecule is C=C1NC1=O.C=CCOC(=O)C(C)C. The van der Waals surface area contributed by atoms with Gasteiger partial charge in [-0.1, -0.05) is 33.1 Å². The normalized spacial score (nSPS) is 12.5. The van der Waals surface area contributed by atoms with Gasteiger partial charge in [-0.2, -0.15) is 0 Å². The monoisotopic (exact) mass is 197 g/mol. The summed E-state index contributed by atoms with van der Waals surface area (Å²) in [6.45, 7) is 10.6. The third-order valence-corrected chi connectivity index (χ3v) is 1.29. The van der Waals surface area contributed by atoms with Crippen LogP contribution in [-0.4, -0.2) is 18.5 Å². The maximum absolute atomic E-state index is 10.6. The first-order chi connectivity index (χ1) is 6.49. The summed E-state index contributed by atoms with van der Waals surface area (Å²) in [4.78, 5) is 20.3. The molecule has 1 N–H and O–H groups in total. The van der Waals surface area contributed by atoms with E-state index in [4.69, 9.17) is 4.74 Å². The zero-order chi connectivity index (χ0) is 11.1. The second-order valence-corrected chi connectivity index (χ2v) is 3.01. The Hall–Kier alpha value is -1.58. The lowest BCUT2D eigenvalue weighted by molar-refractivity contribution is -0.146. The second kappa shape index (κ2) is 5.96. The quantitative estimate of drug-likeness (QED) is 0.318. The summed E-state index contributed by atoms with van der Waals surface area (Å²) in [5, 5.41) is 2.36. The van der Waals surface area contributed by atoms with Gasteiger partial charge in [-0.05, 0) is 0 Å². The molecule has 0 atom stereocenters. The predicted molar refractivity (Wildman–Crippen MR) is 53.3 cm³/mol. The number of ether oxygens (including phenoxy) is 1. The number of amides is 1. The zero-order valence-corrected chi connectivity index (χ0v) is 8.50. The van der Waals surface area contributed by atoms with E-state index in [0.717, 1.165) is 0 Å². The summed E-state index contributed by atoms with van der Waals surface area (Å²) >= 11 is 0. The van der Waals surface area contributed by atoms with Crippen molar-refractivity contribution in [3.05, 3.63) is 24.9 Å². The molecule has 78 valence electrons. The summed E-state index contributed by atoms with van der Waals surface area (Å²) in [5.41, 5.74) is 0.532. The highest BCUT2D eigenvalue weighted by molar-refractivity contribution is 6.09. The van der Waals surface area contributed by atoms with Gasteiger partial charge in [-0.15, -0.1) is 0 Å². The first-order valence-corrected chi connectivity index (χ1v) is 4.26. The maximum Gasteiger partial charge on any atom is 0.308 e. The van der Waals surface area contributed by atoms with Crippen LogP contribution >= 0.6 is 0 Å². The smallest absolute Gasteiger partial charge is 0.308 e. The zero-order valence-electron chi connectivity index (χ0n) is 8.50. The van der Waals surface area contributed by atoms with Gasteiger partial charge in [0.15, 0.2) is 0 Å². The molecular formula is C10H15NO3. The molecule has 1 aliphatic heterocycles. The number of carbonyl (C=O) groups excluding carboxylic acids is 2. The molecule has 1 rings (SSSR count). The molecule has 1 aliphatic rings. The first-order valence-electron chi connectivity index (χ1n) is 4.26. The fourth-order valence-electron chi connectivity index (χ4n) is 0.414. The van der Waals surface area contributed by atoms with E-state index in [9.17, 15) is 9.59 Å². The minimum absolute atomic E-state index is 0.0231. The second-order valence-electron chi connectivity index (χ2n) is 3.01. The number of hydrogen-bond donors (Lipinski definition) is 1. The maximum atomic E-state index is 10.6. The van der Waals surface area contributed by atoms with Crippen molar-refractivity contribution in [2.45, 2.75) is 13.8 Å². The van der Waals surface area contributed by atoms with Crippen LogP contribution in [0.25, 0.3) is 0 Å². The molecule has 1 amide bonds. The van der Waals surface area contributed by atoms with E-state index in [2.05, 4.69) is 18.5 Å². The van der Waals surface area contributed by atoms with Crippen molar-refractivity contribution in [2.75, 3.05) is 6.61 Å². The molecule has 0 unspecified atom stereocenters. The van der Waals surface area contributed by atoms with Crippen LogP contribution in [0.2, 0.25) is 0 Å². The highest BCUT2D eigenvalue weighted by Gasteiger charge is 2.20. The van der Waals surface area contributed by atoms with Gasteiger partial charge in [0.05, 0.1) is 11.6 Å². The van der Waals surface area contributed by atoms with Crippen molar-refractivity contribution in [2.24, 2.45) is 5.92 Å². The molecule has 14 heavy (non-hydrogen) atoms. The van der Waals surface area contributed by atoms with Crippen molar-refractivity contribution in [1.29, 1.82) is 0 Å². The minimum Gasteiger partial charge on any atom is -0.461 e. The lowest BCUT2D eigenvalue weighted by atomic mass is 10.2. The minimum atomic E-state index is -0.171.